The van der Waals surface area contributed by atoms with E-state index in [4.69, 9.17) is 10.8 Å². The fraction of sp³-hybridized carbons (Fsp3) is 0.167. The quantitative estimate of drug-likeness (QED) is 0.563. The number of amides is 1. The molecular formula is C18H18FN3O4. The molecule has 5 N–H and O–H groups in total. The summed E-state index contributed by atoms with van der Waals surface area (Å²) in [7, 11) is 0. The molecule has 0 spiro atoms. The minimum absolute atomic E-state index is 0.0440. The number of halogens is 1. The Labute approximate surface area is 149 Å². The first-order valence-corrected chi connectivity index (χ1v) is 7.73. The topological polar surface area (TPSA) is 122 Å². The molecular weight excluding hydrogens is 341 g/mol. The second-order valence-corrected chi connectivity index (χ2v) is 5.50. The number of benzene rings is 2. The van der Waals surface area contributed by atoms with Gasteiger partial charge in [0.15, 0.2) is 5.78 Å². The number of nitrogens with two attached hydrogens (primary N) is 1. The maximum Gasteiger partial charge on any atom is 0.337 e. The molecule has 0 aliphatic heterocycles. The number of hydrogen-bond acceptors (Lipinski definition) is 5. The predicted molar refractivity (Wildman–Crippen MR) is 94.8 cm³/mol. The Hall–Kier alpha value is -3.26. The highest BCUT2D eigenvalue weighted by molar-refractivity contribution is 6.03. The van der Waals surface area contributed by atoms with Crippen LogP contribution in [0.15, 0.2) is 36.4 Å². The average molecular weight is 359 g/mol. The molecule has 2 aromatic carbocycles. The highest BCUT2D eigenvalue weighted by Gasteiger charge is 2.15. The first-order valence-electron chi connectivity index (χ1n) is 7.73. The number of carboxylic acids is 1. The largest absolute Gasteiger partial charge is 0.478 e. The molecule has 136 valence electrons. The molecule has 0 aliphatic rings. The molecule has 0 radical (unpaired) electrons. The normalized spacial score (nSPS) is 10.3. The van der Waals surface area contributed by atoms with Crippen molar-refractivity contribution in [2.45, 2.75) is 13.5 Å². The Morgan fingerprint density at radius 3 is 2.42 bits per heavy atom. The zero-order chi connectivity index (χ0) is 19.3. The Kier molecular flexibility index (Phi) is 6.03. The number of carbonyl (C=O) groups is 3. The fourth-order valence-corrected chi connectivity index (χ4v) is 2.36. The molecule has 0 saturated carbocycles. The third kappa shape index (κ3) is 4.42. The van der Waals surface area contributed by atoms with Crippen molar-refractivity contribution in [2.75, 3.05) is 17.2 Å². The number of hydrogen-bond donors (Lipinski definition) is 4. The number of anilines is 2. The highest BCUT2D eigenvalue weighted by atomic mass is 19.1. The molecule has 0 atom stereocenters. The minimum Gasteiger partial charge on any atom is -0.478 e. The molecule has 7 nitrogen and oxygen atoms in total. The van der Waals surface area contributed by atoms with Gasteiger partial charge >= 0.3 is 5.97 Å². The van der Waals surface area contributed by atoms with E-state index in [0.29, 0.717) is 0 Å². The third-order valence-corrected chi connectivity index (χ3v) is 3.66. The third-order valence-electron chi connectivity index (χ3n) is 3.66. The highest BCUT2D eigenvalue weighted by Crippen LogP contribution is 2.21. The SMILES string of the molecule is CC(=O)c1cc(F)c(CN)cc1NCC(=O)Nc1ccccc1C(=O)O. The van der Waals surface area contributed by atoms with E-state index in [2.05, 4.69) is 10.6 Å². The zero-order valence-electron chi connectivity index (χ0n) is 14.0. The van der Waals surface area contributed by atoms with Gasteiger partial charge in [-0.3, -0.25) is 9.59 Å². The summed E-state index contributed by atoms with van der Waals surface area (Å²) in [5, 5.41) is 14.4. The predicted octanol–water partition coefficient (Wildman–Crippen LogP) is 2.24. The van der Waals surface area contributed by atoms with E-state index in [0.717, 1.165) is 6.07 Å². The van der Waals surface area contributed by atoms with Crippen molar-refractivity contribution < 1.29 is 23.9 Å². The molecule has 0 unspecified atom stereocenters. The van der Waals surface area contributed by atoms with Crippen LogP contribution < -0.4 is 16.4 Å². The smallest absolute Gasteiger partial charge is 0.337 e. The van der Waals surface area contributed by atoms with Crippen LogP contribution in [-0.2, 0) is 11.3 Å². The summed E-state index contributed by atoms with van der Waals surface area (Å²) in [6.45, 7) is 0.978. The summed E-state index contributed by atoms with van der Waals surface area (Å²) in [5.74, 6) is -2.65. The summed E-state index contributed by atoms with van der Waals surface area (Å²) >= 11 is 0. The van der Waals surface area contributed by atoms with E-state index in [9.17, 15) is 18.8 Å². The Balaban J connectivity index is 2.15. The van der Waals surface area contributed by atoms with Crippen molar-refractivity contribution in [3.05, 3.63) is 58.9 Å². The number of carboxylic acid groups (broad SMARTS) is 1. The van der Waals surface area contributed by atoms with Crippen LogP contribution in [0, 0.1) is 5.82 Å². The van der Waals surface area contributed by atoms with E-state index < -0.39 is 17.7 Å². The van der Waals surface area contributed by atoms with Gasteiger partial charge in [0.05, 0.1) is 17.8 Å². The van der Waals surface area contributed by atoms with Crippen LogP contribution in [0.25, 0.3) is 0 Å². The molecule has 0 heterocycles. The van der Waals surface area contributed by atoms with E-state index in [1.54, 1.807) is 12.1 Å². The second kappa shape index (κ2) is 8.21. The molecule has 2 aromatic rings. The standard InChI is InChI=1S/C18H18FN3O4/c1-10(23)13-7-14(19)11(8-20)6-16(13)21-9-17(24)22-15-5-3-2-4-12(15)18(25)26/h2-7,21H,8-9,20H2,1H3,(H,22,24)(H,25,26). The van der Waals surface area contributed by atoms with Crippen molar-refractivity contribution in [2.24, 2.45) is 5.73 Å². The van der Waals surface area contributed by atoms with Crippen molar-refractivity contribution in [1.82, 2.24) is 0 Å². The summed E-state index contributed by atoms with van der Waals surface area (Å²) in [6, 6.07) is 8.43. The van der Waals surface area contributed by atoms with E-state index >= 15 is 0 Å². The first kappa shape index (κ1) is 19.1. The van der Waals surface area contributed by atoms with Gasteiger partial charge in [-0.25, -0.2) is 9.18 Å². The van der Waals surface area contributed by atoms with Crippen LogP contribution in [0.5, 0.6) is 0 Å². The lowest BCUT2D eigenvalue weighted by Crippen LogP contribution is -2.24. The van der Waals surface area contributed by atoms with Crippen molar-refractivity contribution in [1.29, 1.82) is 0 Å². The number of nitrogens with one attached hydrogen (secondary N) is 2. The number of carbonyl (C=O) groups excluding carboxylic acids is 2. The molecule has 0 aliphatic carbocycles. The average Bonchev–Trinajstić information content (AvgIpc) is 2.60. The summed E-state index contributed by atoms with van der Waals surface area (Å²) < 4.78 is 13.8. The molecule has 8 heteroatoms. The van der Waals surface area contributed by atoms with Crippen molar-refractivity contribution in [3.63, 3.8) is 0 Å². The Morgan fingerprint density at radius 2 is 1.81 bits per heavy atom. The van der Waals surface area contributed by atoms with Crippen LogP contribution >= 0.6 is 0 Å². The molecule has 0 aromatic heterocycles. The first-order chi connectivity index (χ1) is 12.3. The van der Waals surface area contributed by atoms with Gasteiger partial charge in [0.25, 0.3) is 0 Å². The monoisotopic (exact) mass is 359 g/mol. The number of Topliss-reactive ketones (excluding diaryl/α,β-unsaturated/α-hetero) is 1. The molecule has 0 fully saturated rings. The maximum atomic E-state index is 13.8. The minimum atomic E-state index is -1.17. The van der Waals surface area contributed by atoms with E-state index in [-0.39, 0.29) is 46.9 Å². The zero-order valence-corrected chi connectivity index (χ0v) is 14.0. The molecule has 0 bridgehead atoms. The van der Waals surface area contributed by atoms with Crippen LogP contribution in [-0.4, -0.2) is 29.3 Å². The summed E-state index contributed by atoms with van der Waals surface area (Å²) in [6.07, 6.45) is 0. The van der Waals surface area contributed by atoms with Gasteiger partial charge in [0, 0.05) is 23.4 Å². The van der Waals surface area contributed by atoms with Crippen LogP contribution in [0.2, 0.25) is 0 Å². The molecule has 2 rings (SSSR count). The number of para-hydroxylation sites is 1. The lowest BCUT2D eigenvalue weighted by Gasteiger charge is -2.13. The van der Waals surface area contributed by atoms with Gasteiger partial charge in [-0.05, 0) is 31.2 Å². The molecule has 26 heavy (non-hydrogen) atoms. The second-order valence-electron chi connectivity index (χ2n) is 5.50. The van der Waals surface area contributed by atoms with Crippen LogP contribution in [0.1, 0.15) is 33.2 Å². The van der Waals surface area contributed by atoms with Crippen LogP contribution in [0.3, 0.4) is 0 Å². The number of ketones is 1. The van der Waals surface area contributed by atoms with Gasteiger partial charge in [-0.15, -0.1) is 0 Å². The molecule has 0 saturated heterocycles. The molecule has 1 amide bonds. The Bertz CT molecular complexity index is 868. The lowest BCUT2D eigenvalue weighted by atomic mass is 10.0. The van der Waals surface area contributed by atoms with Gasteiger partial charge in [-0.2, -0.15) is 0 Å². The summed E-state index contributed by atoms with van der Waals surface area (Å²) in [4.78, 5) is 34.9. The number of rotatable bonds is 7. The van der Waals surface area contributed by atoms with Crippen molar-refractivity contribution in [3.8, 4) is 0 Å². The fourth-order valence-electron chi connectivity index (χ4n) is 2.36. The van der Waals surface area contributed by atoms with Gasteiger partial charge in [-0.1, -0.05) is 12.1 Å². The van der Waals surface area contributed by atoms with Gasteiger partial charge in [0.1, 0.15) is 5.82 Å². The number of aromatic carboxylic acids is 1. The maximum absolute atomic E-state index is 13.8. The van der Waals surface area contributed by atoms with E-state index in [1.165, 1.54) is 25.1 Å². The summed E-state index contributed by atoms with van der Waals surface area (Å²) in [5.41, 5.74) is 6.15. The van der Waals surface area contributed by atoms with Crippen LogP contribution in [0.4, 0.5) is 15.8 Å². The van der Waals surface area contributed by atoms with E-state index in [1.807, 2.05) is 0 Å². The van der Waals surface area contributed by atoms with Gasteiger partial charge < -0.3 is 21.5 Å². The lowest BCUT2D eigenvalue weighted by molar-refractivity contribution is -0.114. The van der Waals surface area contributed by atoms with Gasteiger partial charge in [0.2, 0.25) is 5.91 Å². The Morgan fingerprint density at radius 1 is 1.12 bits per heavy atom. The van der Waals surface area contributed by atoms with Crippen molar-refractivity contribution >= 4 is 29.0 Å².